The number of pyridine rings is 1. The maximum Gasteiger partial charge on any atom is 0.255 e. The number of benzene rings is 3. The SMILES string of the molecule is O=C(Nc1ccc(COCc2ccccc2)cc1)c1ccc(F)c(-c2ccc3nn[nH]c3n2)c1. The van der Waals surface area contributed by atoms with E-state index in [-0.39, 0.29) is 11.5 Å². The molecule has 5 aromatic rings. The summed E-state index contributed by atoms with van der Waals surface area (Å²) >= 11 is 0. The number of rotatable bonds is 7. The van der Waals surface area contributed by atoms with Crippen molar-refractivity contribution in [1.29, 1.82) is 0 Å². The number of nitrogens with one attached hydrogen (secondary N) is 2. The summed E-state index contributed by atoms with van der Waals surface area (Å²) in [7, 11) is 0. The van der Waals surface area contributed by atoms with E-state index in [0.29, 0.717) is 41.3 Å². The molecular weight excluding hydrogens is 433 g/mol. The van der Waals surface area contributed by atoms with Crippen LogP contribution in [0.25, 0.3) is 22.4 Å². The number of fused-ring (bicyclic) bond motifs is 1. The molecule has 0 aliphatic carbocycles. The highest BCUT2D eigenvalue weighted by Crippen LogP contribution is 2.24. The molecule has 3 aromatic carbocycles. The van der Waals surface area contributed by atoms with Gasteiger partial charge >= 0.3 is 0 Å². The van der Waals surface area contributed by atoms with Crippen LogP contribution in [0.1, 0.15) is 21.5 Å². The fourth-order valence-corrected chi connectivity index (χ4v) is 3.50. The number of carbonyl (C=O) groups excluding carboxylic acids is 1. The molecule has 34 heavy (non-hydrogen) atoms. The van der Waals surface area contributed by atoms with Crippen LogP contribution in [0.5, 0.6) is 0 Å². The Morgan fingerprint density at radius 1 is 0.912 bits per heavy atom. The number of hydrogen-bond acceptors (Lipinski definition) is 5. The first kappa shape index (κ1) is 21.4. The van der Waals surface area contributed by atoms with E-state index in [1.807, 2.05) is 54.6 Å². The highest BCUT2D eigenvalue weighted by Gasteiger charge is 2.14. The molecule has 0 saturated heterocycles. The molecule has 168 valence electrons. The third kappa shape index (κ3) is 4.82. The van der Waals surface area contributed by atoms with E-state index in [4.69, 9.17) is 4.74 Å². The number of H-pyrrole nitrogens is 1. The van der Waals surface area contributed by atoms with Gasteiger partial charge in [0.15, 0.2) is 5.65 Å². The summed E-state index contributed by atoms with van der Waals surface area (Å²) in [5.41, 5.74) is 4.67. The molecule has 0 unspecified atom stereocenters. The van der Waals surface area contributed by atoms with E-state index in [0.717, 1.165) is 11.1 Å². The van der Waals surface area contributed by atoms with Crippen LogP contribution in [0.2, 0.25) is 0 Å². The predicted molar refractivity (Wildman–Crippen MR) is 126 cm³/mol. The molecule has 0 atom stereocenters. The quantitative estimate of drug-likeness (QED) is 0.356. The number of carbonyl (C=O) groups is 1. The van der Waals surface area contributed by atoms with Gasteiger partial charge in [-0.25, -0.2) is 14.5 Å². The second kappa shape index (κ2) is 9.60. The molecule has 0 radical (unpaired) electrons. The Kier molecular flexibility index (Phi) is 6.05. The molecule has 0 aliphatic rings. The second-order valence-electron chi connectivity index (χ2n) is 7.70. The lowest BCUT2D eigenvalue weighted by Gasteiger charge is -2.09. The molecule has 0 fully saturated rings. The first-order valence-electron chi connectivity index (χ1n) is 10.7. The summed E-state index contributed by atoms with van der Waals surface area (Å²) < 4.78 is 20.2. The van der Waals surface area contributed by atoms with Crippen molar-refractivity contribution in [3.63, 3.8) is 0 Å². The lowest BCUT2D eigenvalue weighted by atomic mass is 10.1. The topological polar surface area (TPSA) is 92.8 Å². The summed E-state index contributed by atoms with van der Waals surface area (Å²) in [5, 5.41) is 13.1. The molecular formula is C26H20FN5O2. The van der Waals surface area contributed by atoms with E-state index in [1.165, 1.54) is 18.2 Å². The van der Waals surface area contributed by atoms with Gasteiger partial charge in [0.2, 0.25) is 0 Å². The zero-order valence-electron chi connectivity index (χ0n) is 18.0. The minimum Gasteiger partial charge on any atom is -0.372 e. The van der Waals surface area contributed by atoms with E-state index in [1.54, 1.807) is 12.1 Å². The number of amides is 1. The number of anilines is 1. The highest BCUT2D eigenvalue weighted by molar-refractivity contribution is 6.05. The van der Waals surface area contributed by atoms with Gasteiger partial charge in [0.25, 0.3) is 5.91 Å². The van der Waals surface area contributed by atoms with Gasteiger partial charge in [-0.1, -0.05) is 47.7 Å². The van der Waals surface area contributed by atoms with Gasteiger partial charge in [-0.3, -0.25) is 4.79 Å². The highest BCUT2D eigenvalue weighted by atomic mass is 19.1. The third-order valence-corrected chi connectivity index (χ3v) is 5.28. The molecule has 2 aromatic heterocycles. The summed E-state index contributed by atoms with van der Waals surface area (Å²) in [5.74, 6) is -0.825. The number of ether oxygens (including phenoxy) is 1. The van der Waals surface area contributed by atoms with Crippen LogP contribution in [0.15, 0.2) is 84.9 Å². The second-order valence-corrected chi connectivity index (χ2v) is 7.70. The Morgan fingerprint density at radius 3 is 2.47 bits per heavy atom. The summed E-state index contributed by atoms with van der Waals surface area (Å²) in [6, 6.07) is 24.9. The zero-order chi connectivity index (χ0) is 23.3. The van der Waals surface area contributed by atoms with Gasteiger partial charge in [0, 0.05) is 16.8 Å². The lowest BCUT2D eigenvalue weighted by Crippen LogP contribution is -2.12. The lowest BCUT2D eigenvalue weighted by molar-refractivity contribution is 0.102. The largest absolute Gasteiger partial charge is 0.372 e. The molecule has 0 aliphatic heterocycles. The first-order valence-corrected chi connectivity index (χ1v) is 10.7. The van der Waals surface area contributed by atoms with E-state index in [2.05, 4.69) is 25.7 Å². The minimum atomic E-state index is -0.476. The summed E-state index contributed by atoms with van der Waals surface area (Å²) in [6.45, 7) is 0.999. The molecule has 0 bridgehead atoms. The van der Waals surface area contributed by atoms with Crippen LogP contribution < -0.4 is 5.32 Å². The van der Waals surface area contributed by atoms with Crippen LogP contribution in [-0.2, 0) is 18.0 Å². The Balaban J connectivity index is 1.24. The van der Waals surface area contributed by atoms with Crippen molar-refractivity contribution in [3.8, 4) is 11.3 Å². The Morgan fingerprint density at radius 2 is 1.68 bits per heavy atom. The normalized spacial score (nSPS) is 11.0. The fourth-order valence-electron chi connectivity index (χ4n) is 3.50. The molecule has 2 N–H and O–H groups in total. The Bertz CT molecular complexity index is 1440. The van der Waals surface area contributed by atoms with Crippen molar-refractivity contribution >= 4 is 22.8 Å². The molecule has 1 amide bonds. The number of nitrogens with zero attached hydrogens (tertiary/aromatic N) is 3. The van der Waals surface area contributed by atoms with Gasteiger partial charge in [-0.2, -0.15) is 0 Å². The molecule has 8 heteroatoms. The van der Waals surface area contributed by atoms with E-state index < -0.39 is 5.82 Å². The Labute approximate surface area is 194 Å². The maximum absolute atomic E-state index is 14.5. The zero-order valence-corrected chi connectivity index (χ0v) is 18.0. The molecule has 7 nitrogen and oxygen atoms in total. The number of aromatic amines is 1. The van der Waals surface area contributed by atoms with Crippen LogP contribution in [-0.4, -0.2) is 26.3 Å². The van der Waals surface area contributed by atoms with Crippen molar-refractivity contribution in [2.75, 3.05) is 5.32 Å². The average Bonchev–Trinajstić information content (AvgIpc) is 3.34. The predicted octanol–water partition coefficient (Wildman–Crippen LogP) is 5.13. The number of halogens is 1. The van der Waals surface area contributed by atoms with Gasteiger partial charge in [-0.05, 0) is 53.6 Å². The fraction of sp³-hybridized carbons (Fsp3) is 0.0769. The van der Waals surface area contributed by atoms with Crippen molar-refractivity contribution < 1.29 is 13.9 Å². The average molecular weight is 453 g/mol. The van der Waals surface area contributed by atoms with Crippen LogP contribution in [0.3, 0.4) is 0 Å². The number of hydrogen-bond donors (Lipinski definition) is 2. The van der Waals surface area contributed by atoms with Gasteiger partial charge in [-0.15, -0.1) is 5.10 Å². The standard InChI is InChI=1S/C26H20FN5O2/c27-22-11-8-19(14-21(22)23-12-13-24-25(29-23)31-32-30-24)26(33)28-20-9-6-18(7-10-20)16-34-15-17-4-2-1-3-5-17/h1-14H,15-16H2,(H,28,33)(H,29,30,31,32). The van der Waals surface area contributed by atoms with E-state index >= 15 is 0 Å². The van der Waals surface area contributed by atoms with Crippen LogP contribution in [0, 0.1) is 5.82 Å². The maximum atomic E-state index is 14.5. The van der Waals surface area contributed by atoms with E-state index in [9.17, 15) is 9.18 Å². The molecule has 0 saturated carbocycles. The van der Waals surface area contributed by atoms with Crippen molar-refractivity contribution in [2.45, 2.75) is 13.2 Å². The van der Waals surface area contributed by atoms with Crippen LogP contribution in [0.4, 0.5) is 10.1 Å². The monoisotopic (exact) mass is 453 g/mol. The van der Waals surface area contributed by atoms with Gasteiger partial charge < -0.3 is 10.1 Å². The molecule has 5 rings (SSSR count). The van der Waals surface area contributed by atoms with Gasteiger partial charge in [0.05, 0.1) is 18.9 Å². The number of aromatic nitrogens is 4. The summed E-state index contributed by atoms with van der Waals surface area (Å²) in [4.78, 5) is 17.1. The van der Waals surface area contributed by atoms with Crippen LogP contribution >= 0.6 is 0 Å². The molecule has 0 spiro atoms. The van der Waals surface area contributed by atoms with Gasteiger partial charge in [0.1, 0.15) is 11.3 Å². The smallest absolute Gasteiger partial charge is 0.255 e. The van der Waals surface area contributed by atoms with Crippen molar-refractivity contribution in [1.82, 2.24) is 20.4 Å². The summed E-state index contributed by atoms with van der Waals surface area (Å²) in [6.07, 6.45) is 0. The van der Waals surface area contributed by atoms with Crippen molar-refractivity contribution in [2.24, 2.45) is 0 Å². The van der Waals surface area contributed by atoms with Crippen molar-refractivity contribution in [3.05, 3.63) is 107 Å². The third-order valence-electron chi connectivity index (χ3n) is 5.28. The minimum absolute atomic E-state index is 0.218. The molecule has 2 heterocycles. The Hall–Kier alpha value is -4.43. The first-order chi connectivity index (χ1) is 16.7.